The fourth-order valence-electron chi connectivity index (χ4n) is 6.40. The van der Waals surface area contributed by atoms with Gasteiger partial charge in [-0.15, -0.1) is 0 Å². The van der Waals surface area contributed by atoms with Gasteiger partial charge in [-0.1, -0.05) is 19.3 Å². The Morgan fingerprint density at radius 1 is 1.19 bits per heavy atom. The zero-order valence-corrected chi connectivity index (χ0v) is 23.7. The van der Waals surface area contributed by atoms with Crippen LogP contribution in [0.15, 0.2) is 30.5 Å². The number of hydrogen-bond acceptors (Lipinski definition) is 6. The van der Waals surface area contributed by atoms with Gasteiger partial charge in [0.15, 0.2) is 0 Å². The van der Waals surface area contributed by atoms with E-state index in [1.807, 2.05) is 18.3 Å². The van der Waals surface area contributed by atoms with Gasteiger partial charge < -0.3 is 19.6 Å². The quantitative estimate of drug-likeness (QED) is 0.357. The van der Waals surface area contributed by atoms with Crippen molar-refractivity contribution in [2.45, 2.75) is 69.1 Å². The minimum atomic E-state index is -0.662. The van der Waals surface area contributed by atoms with E-state index in [-0.39, 0.29) is 18.4 Å². The van der Waals surface area contributed by atoms with E-state index >= 15 is 0 Å². The van der Waals surface area contributed by atoms with Crippen LogP contribution in [0.4, 0.5) is 0 Å². The predicted molar refractivity (Wildman–Crippen MR) is 154 cm³/mol. The highest BCUT2D eigenvalue weighted by atomic mass is 32.2. The maximum absolute atomic E-state index is 11.8. The molecule has 0 radical (unpaired) electrons. The van der Waals surface area contributed by atoms with E-state index in [2.05, 4.69) is 52.8 Å². The molecule has 3 atom stereocenters. The standard InChI is InChI=1S/C30H45N3O3S/c1-32(2)29(26-13-15-31-28-11-10-24(36-3)20-27(26)28)12-9-22-14-16-33(21-23(22)19-30(34)35)17-18-37-25-7-5-4-6-8-25/h10-11,13,15,20,22-23,25,29H,4-9,12,14,16-19,21H2,1-3H3,(H,34,35)/t22-,23+,29+/m1/s1. The second-order valence-corrected chi connectivity index (χ2v) is 12.6. The number of hydrogen-bond donors (Lipinski definition) is 1. The molecule has 1 aromatic carbocycles. The number of carboxylic acids is 1. The number of methoxy groups -OCH3 is 1. The summed E-state index contributed by atoms with van der Waals surface area (Å²) in [5.41, 5.74) is 2.24. The van der Waals surface area contributed by atoms with Gasteiger partial charge in [-0.2, -0.15) is 11.8 Å². The Balaban J connectivity index is 1.38. The number of benzene rings is 1. The number of fused-ring (bicyclic) bond motifs is 1. The van der Waals surface area contributed by atoms with Crippen molar-refractivity contribution in [3.63, 3.8) is 0 Å². The smallest absolute Gasteiger partial charge is 0.303 e. The highest BCUT2D eigenvalue weighted by molar-refractivity contribution is 7.99. The first-order chi connectivity index (χ1) is 17.9. The summed E-state index contributed by atoms with van der Waals surface area (Å²) in [6.45, 7) is 3.10. The summed E-state index contributed by atoms with van der Waals surface area (Å²) in [6, 6.07) is 8.45. The molecule has 1 aromatic heterocycles. The summed E-state index contributed by atoms with van der Waals surface area (Å²) >= 11 is 2.15. The molecule has 4 rings (SSSR count). The van der Waals surface area contributed by atoms with Crippen molar-refractivity contribution in [1.29, 1.82) is 0 Å². The van der Waals surface area contributed by atoms with Crippen LogP contribution in [0.1, 0.15) is 69.4 Å². The molecule has 1 aliphatic heterocycles. The number of pyridine rings is 1. The first-order valence-electron chi connectivity index (χ1n) is 14.1. The number of rotatable bonds is 12. The molecule has 2 heterocycles. The minimum absolute atomic E-state index is 0.225. The van der Waals surface area contributed by atoms with Crippen molar-refractivity contribution in [2.75, 3.05) is 46.6 Å². The van der Waals surface area contributed by atoms with Gasteiger partial charge in [-0.3, -0.25) is 9.78 Å². The average Bonchev–Trinajstić information content (AvgIpc) is 2.89. The molecule has 1 aliphatic carbocycles. The van der Waals surface area contributed by atoms with Crippen LogP contribution >= 0.6 is 11.8 Å². The van der Waals surface area contributed by atoms with E-state index < -0.39 is 5.97 Å². The third kappa shape index (κ3) is 7.84. The molecule has 6 nitrogen and oxygen atoms in total. The molecule has 2 fully saturated rings. The summed E-state index contributed by atoms with van der Waals surface area (Å²) in [6.07, 6.45) is 12.2. The Morgan fingerprint density at radius 2 is 2.00 bits per heavy atom. The van der Waals surface area contributed by atoms with Crippen LogP contribution in [0.5, 0.6) is 5.75 Å². The number of likely N-dealkylation sites (tertiary alicyclic amines) is 1. The monoisotopic (exact) mass is 527 g/mol. The van der Waals surface area contributed by atoms with Crippen LogP contribution in [0.25, 0.3) is 10.9 Å². The molecule has 2 aromatic rings. The van der Waals surface area contributed by atoms with Gasteiger partial charge in [0.1, 0.15) is 5.75 Å². The molecule has 1 saturated carbocycles. The normalized spacial score (nSPS) is 22.4. The zero-order valence-electron chi connectivity index (χ0n) is 22.9. The summed E-state index contributed by atoms with van der Waals surface area (Å²) in [5.74, 6) is 2.03. The van der Waals surface area contributed by atoms with E-state index in [0.717, 1.165) is 60.8 Å². The van der Waals surface area contributed by atoms with Crippen LogP contribution in [-0.4, -0.2) is 77.7 Å². The lowest BCUT2D eigenvalue weighted by Crippen LogP contribution is -2.42. The molecule has 1 N–H and O–H groups in total. The van der Waals surface area contributed by atoms with Gasteiger partial charge in [-0.25, -0.2) is 0 Å². The van der Waals surface area contributed by atoms with Crippen molar-refractivity contribution in [3.05, 3.63) is 36.0 Å². The third-order valence-electron chi connectivity index (χ3n) is 8.50. The second-order valence-electron chi connectivity index (χ2n) is 11.2. The Hall–Kier alpha value is -1.83. The van der Waals surface area contributed by atoms with Crippen molar-refractivity contribution >= 4 is 28.6 Å². The molecule has 204 valence electrons. The fourth-order valence-corrected chi connectivity index (χ4v) is 7.77. The van der Waals surface area contributed by atoms with E-state index in [1.165, 1.54) is 43.4 Å². The number of aliphatic carboxylic acids is 1. The molecule has 0 unspecified atom stereocenters. The lowest BCUT2D eigenvalue weighted by Gasteiger charge is -2.39. The third-order valence-corrected chi connectivity index (χ3v) is 9.86. The van der Waals surface area contributed by atoms with Crippen molar-refractivity contribution in [1.82, 2.24) is 14.8 Å². The van der Waals surface area contributed by atoms with E-state index in [9.17, 15) is 9.90 Å². The number of aromatic nitrogens is 1. The molecule has 0 bridgehead atoms. The number of nitrogens with zero attached hydrogens (tertiary/aromatic N) is 3. The molecule has 0 spiro atoms. The number of piperidine rings is 1. The maximum atomic E-state index is 11.8. The first-order valence-corrected chi connectivity index (χ1v) is 15.1. The lowest BCUT2D eigenvalue weighted by atomic mass is 9.79. The fraction of sp³-hybridized carbons (Fsp3) is 0.667. The summed E-state index contributed by atoms with van der Waals surface area (Å²) in [7, 11) is 5.97. The summed E-state index contributed by atoms with van der Waals surface area (Å²) < 4.78 is 5.49. The highest BCUT2D eigenvalue weighted by Gasteiger charge is 2.32. The van der Waals surface area contributed by atoms with Crippen LogP contribution in [0.3, 0.4) is 0 Å². The molecule has 37 heavy (non-hydrogen) atoms. The van der Waals surface area contributed by atoms with E-state index in [0.29, 0.717) is 5.92 Å². The topological polar surface area (TPSA) is 65.9 Å². The SMILES string of the molecule is COc1ccc2nccc([C@H](CC[C@@H]3CCN(CCSC4CCCCC4)C[C@@H]3CC(=O)O)N(C)C)c2c1. The van der Waals surface area contributed by atoms with Crippen molar-refractivity contribution in [2.24, 2.45) is 11.8 Å². The molecule has 1 saturated heterocycles. The Morgan fingerprint density at radius 3 is 2.73 bits per heavy atom. The molecule has 0 amide bonds. The molecule has 7 heteroatoms. The van der Waals surface area contributed by atoms with Gasteiger partial charge in [-0.05, 0) is 94.4 Å². The number of thioether (sulfide) groups is 1. The highest BCUT2D eigenvalue weighted by Crippen LogP contribution is 2.37. The summed E-state index contributed by atoms with van der Waals surface area (Å²) in [4.78, 5) is 21.2. The second kappa shape index (κ2) is 13.8. The van der Waals surface area contributed by atoms with Crippen molar-refractivity contribution < 1.29 is 14.6 Å². The van der Waals surface area contributed by atoms with E-state index in [4.69, 9.17) is 4.74 Å². The van der Waals surface area contributed by atoms with Crippen LogP contribution < -0.4 is 4.74 Å². The first kappa shape index (κ1) is 28.2. The lowest BCUT2D eigenvalue weighted by molar-refractivity contribution is -0.139. The predicted octanol–water partition coefficient (Wildman–Crippen LogP) is 6.11. The van der Waals surface area contributed by atoms with Gasteiger partial charge in [0.05, 0.1) is 12.6 Å². The molecular weight excluding hydrogens is 482 g/mol. The summed E-state index contributed by atoms with van der Waals surface area (Å²) in [5, 5.41) is 11.7. The largest absolute Gasteiger partial charge is 0.497 e. The zero-order chi connectivity index (χ0) is 26.2. The number of carboxylic acid groups (broad SMARTS) is 1. The van der Waals surface area contributed by atoms with Crippen LogP contribution in [-0.2, 0) is 4.79 Å². The van der Waals surface area contributed by atoms with Gasteiger partial charge >= 0.3 is 5.97 Å². The molecule has 2 aliphatic rings. The van der Waals surface area contributed by atoms with Crippen LogP contribution in [0, 0.1) is 11.8 Å². The van der Waals surface area contributed by atoms with Crippen LogP contribution in [0.2, 0.25) is 0 Å². The van der Waals surface area contributed by atoms with Gasteiger partial charge in [0, 0.05) is 48.1 Å². The Kier molecular flexibility index (Phi) is 10.5. The number of ether oxygens (including phenoxy) is 1. The van der Waals surface area contributed by atoms with Gasteiger partial charge in [0.2, 0.25) is 0 Å². The Bertz CT molecular complexity index is 1010. The minimum Gasteiger partial charge on any atom is -0.497 e. The Labute approximate surface area is 227 Å². The van der Waals surface area contributed by atoms with Gasteiger partial charge in [0.25, 0.3) is 0 Å². The average molecular weight is 528 g/mol. The molecular formula is C30H45N3O3S. The maximum Gasteiger partial charge on any atom is 0.303 e. The van der Waals surface area contributed by atoms with E-state index in [1.54, 1.807) is 7.11 Å². The number of carbonyl (C=O) groups is 1. The van der Waals surface area contributed by atoms with Crippen molar-refractivity contribution in [3.8, 4) is 5.75 Å².